The fourth-order valence-corrected chi connectivity index (χ4v) is 1.74. The average molecular weight is 279 g/mol. The Hall–Kier alpha value is -1.08. The van der Waals surface area contributed by atoms with E-state index in [4.69, 9.17) is 0 Å². The number of hydrogen-bond donors (Lipinski definition) is 1. The molecule has 7 heteroatoms. The molecule has 1 aromatic heterocycles. The van der Waals surface area contributed by atoms with E-state index in [9.17, 15) is 13.2 Å². The van der Waals surface area contributed by atoms with Crippen LogP contribution in [0.2, 0.25) is 0 Å². The van der Waals surface area contributed by atoms with Gasteiger partial charge in [0.25, 0.3) is 0 Å². The molecule has 0 bridgehead atoms. The Labute approximate surface area is 110 Å². The van der Waals surface area contributed by atoms with Gasteiger partial charge in [0.1, 0.15) is 6.61 Å². The Morgan fingerprint density at radius 1 is 1.42 bits per heavy atom. The number of aromatic nitrogens is 2. The van der Waals surface area contributed by atoms with Crippen molar-refractivity contribution in [3.05, 3.63) is 17.5 Å². The first-order valence-electron chi connectivity index (χ1n) is 6.29. The Morgan fingerprint density at radius 3 is 2.79 bits per heavy atom. The fraction of sp³-hybridized carbons (Fsp3) is 0.750. The number of hydrogen-bond acceptors (Lipinski definition) is 3. The van der Waals surface area contributed by atoms with Gasteiger partial charge < -0.3 is 10.1 Å². The lowest BCUT2D eigenvalue weighted by molar-refractivity contribution is -0.173. The van der Waals surface area contributed by atoms with Crippen molar-refractivity contribution in [1.82, 2.24) is 15.1 Å². The lowest BCUT2D eigenvalue weighted by Crippen LogP contribution is -2.20. The van der Waals surface area contributed by atoms with E-state index in [-0.39, 0.29) is 6.61 Å². The van der Waals surface area contributed by atoms with Gasteiger partial charge in [-0.05, 0) is 19.4 Å². The van der Waals surface area contributed by atoms with E-state index in [0.29, 0.717) is 19.5 Å². The van der Waals surface area contributed by atoms with Crippen LogP contribution in [-0.2, 0) is 24.8 Å². The highest BCUT2D eigenvalue weighted by molar-refractivity contribution is 5.16. The SMILES string of the molecule is CCc1nn(C)cc1CNCCCOCC(F)(F)F. The van der Waals surface area contributed by atoms with Gasteiger partial charge in [0, 0.05) is 32.0 Å². The van der Waals surface area contributed by atoms with Crippen LogP contribution in [-0.4, -0.2) is 35.7 Å². The molecule has 0 aromatic carbocycles. The van der Waals surface area contributed by atoms with Gasteiger partial charge in [-0.1, -0.05) is 6.92 Å². The van der Waals surface area contributed by atoms with E-state index in [1.165, 1.54) is 0 Å². The van der Waals surface area contributed by atoms with Crippen molar-refractivity contribution >= 4 is 0 Å². The molecular weight excluding hydrogens is 259 g/mol. The zero-order valence-corrected chi connectivity index (χ0v) is 11.3. The molecule has 1 aromatic rings. The third kappa shape index (κ3) is 6.58. The number of rotatable bonds is 8. The zero-order valence-electron chi connectivity index (χ0n) is 11.3. The van der Waals surface area contributed by atoms with Crippen molar-refractivity contribution in [2.24, 2.45) is 7.05 Å². The summed E-state index contributed by atoms with van der Waals surface area (Å²) in [7, 11) is 1.87. The van der Waals surface area contributed by atoms with Crippen LogP contribution in [0.15, 0.2) is 6.20 Å². The molecule has 19 heavy (non-hydrogen) atoms. The maximum Gasteiger partial charge on any atom is 0.411 e. The molecule has 0 amide bonds. The van der Waals surface area contributed by atoms with Crippen molar-refractivity contribution in [3.8, 4) is 0 Å². The quantitative estimate of drug-likeness (QED) is 0.740. The minimum atomic E-state index is -4.24. The smallest absolute Gasteiger partial charge is 0.372 e. The predicted octanol–water partition coefficient (Wildman–Crippen LogP) is 2.04. The van der Waals surface area contributed by atoms with Crippen molar-refractivity contribution in [2.75, 3.05) is 19.8 Å². The predicted molar refractivity (Wildman–Crippen MR) is 65.8 cm³/mol. The van der Waals surface area contributed by atoms with Gasteiger partial charge in [0.05, 0.1) is 5.69 Å². The minimum Gasteiger partial charge on any atom is -0.372 e. The number of ether oxygens (including phenoxy) is 1. The molecule has 0 atom stereocenters. The number of nitrogens with one attached hydrogen (secondary N) is 1. The first-order chi connectivity index (χ1) is 8.92. The lowest BCUT2D eigenvalue weighted by Gasteiger charge is -2.08. The van der Waals surface area contributed by atoms with Crippen LogP contribution in [0.3, 0.4) is 0 Å². The van der Waals surface area contributed by atoms with Crippen LogP contribution < -0.4 is 5.32 Å². The summed E-state index contributed by atoms with van der Waals surface area (Å²) in [6, 6.07) is 0. The monoisotopic (exact) mass is 279 g/mol. The van der Waals surface area contributed by atoms with Crippen molar-refractivity contribution in [3.63, 3.8) is 0 Å². The maximum absolute atomic E-state index is 11.8. The summed E-state index contributed by atoms with van der Waals surface area (Å²) in [5, 5.41) is 7.48. The van der Waals surface area contributed by atoms with Gasteiger partial charge >= 0.3 is 6.18 Å². The summed E-state index contributed by atoms with van der Waals surface area (Å²) in [5.74, 6) is 0. The highest BCUT2D eigenvalue weighted by Crippen LogP contribution is 2.14. The second kappa shape index (κ2) is 7.49. The molecule has 1 heterocycles. The Balaban J connectivity index is 2.11. The first kappa shape index (κ1) is 16.0. The topological polar surface area (TPSA) is 39.1 Å². The molecule has 0 fully saturated rings. The summed E-state index contributed by atoms with van der Waals surface area (Å²) in [6.07, 6.45) is -0.866. The molecule has 0 spiro atoms. The second-order valence-electron chi connectivity index (χ2n) is 4.33. The van der Waals surface area contributed by atoms with Crippen LogP contribution >= 0.6 is 0 Å². The molecule has 0 saturated heterocycles. The van der Waals surface area contributed by atoms with E-state index < -0.39 is 12.8 Å². The molecule has 0 unspecified atom stereocenters. The van der Waals surface area contributed by atoms with Gasteiger partial charge in [-0.15, -0.1) is 0 Å². The largest absolute Gasteiger partial charge is 0.411 e. The second-order valence-corrected chi connectivity index (χ2v) is 4.33. The fourth-order valence-electron chi connectivity index (χ4n) is 1.74. The molecule has 0 aliphatic carbocycles. The van der Waals surface area contributed by atoms with Crippen LogP contribution in [0.25, 0.3) is 0 Å². The zero-order chi connectivity index (χ0) is 14.3. The molecule has 110 valence electrons. The van der Waals surface area contributed by atoms with E-state index >= 15 is 0 Å². The molecule has 4 nitrogen and oxygen atoms in total. The van der Waals surface area contributed by atoms with Gasteiger partial charge in [0.15, 0.2) is 0 Å². The Kier molecular flexibility index (Phi) is 6.30. The summed E-state index contributed by atoms with van der Waals surface area (Å²) in [4.78, 5) is 0. The van der Waals surface area contributed by atoms with Crippen LogP contribution in [0.4, 0.5) is 13.2 Å². The van der Waals surface area contributed by atoms with Gasteiger partial charge in [-0.2, -0.15) is 18.3 Å². The number of halogens is 3. The summed E-state index contributed by atoms with van der Waals surface area (Å²) in [5.41, 5.74) is 2.17. The van der Waals surface area contributed by atoms with E-state index in [0.717, 1.165) is 17.7 Å². The van der Waals surface area contributed by atoms with Crippen molar-refractivity contribution in [1.29, 1.82) is 0 Å². The maximum atomic E-state index is 11.8. The van der Waals surface area contributed by atoms with Crippen LogP contribution in [0.1, 0.15) is 24.6 Å². The Bertz CT molecular complexity index is 377. The molecule has 1 N–H and O–H groups in total. The first-order valence-corrected chi connectivity index (χ1v) is 6.29. The van der Waals surface area contributed by atoms with E-state index in [1.807, 2.05) is 20.2 Å². The number of alkyl halides is 3. The average Bonchev–Trinajstić information content (AvgIpc) is 2.67. The number of nitrogens with zero attached hydrogens (tertiary/aromatic N) is 2. The number of aryl methyl sites for hydroxylation is 2. The Morgan fingerprint density at radius 2 is 2.16 bits per heavy atom. The van der Waals surface area contributed by atoms with Crippen molar-refractivity contribution in [2.45, 2.75) is 32.5 Å². The minimum absolute atomic E-state index is 0.111. The lowest BCUT2D eigenvalue weighted by atomic mass is 10.2. The highest BCUT2D eigenvalue weighted by atomic mass is 19.4. The molecule has 0 aliphatic heterocycles. The standard InChI is InChI=1S/C12H20F3N3O/c1-3-11-10(8-18(2)17-11)7-16-5-4-6-19-9-12(13,14)15/h8,16H,3-7,9H2,1-2H3. The molecule has 0 aliphatic rings. The van der Waals surface area contributed by atoms with Crippen LogP contribution in [0.5, 0.6) is 0 Å². The summed E-state index contributed by atoms with van der Waals surface area (Å²) >= 11 is 0. The third-order valence-corrected chi connectivity index (χ3v) is 2.55. The van der Waals surface area contributed by atoms with Crippen molar-refractivity contribution < 1.29 is 17.9 Å². The van der Waals surface area contributed by atoms with E-state index in [2.05, 4.69) is 15.2 Å². The summed E-state index contributed by atoms with van der Waals surface area (Å²) in [6.45, 7) is 2.28. The summed E-state index contributed by atoms with van der Waals surface area (Å²) < 4.78 is 41.6. The molecule has 0 radical (unpaired) electrons. The third-order valence-electron chi connectivity index (χ3n) is 2.55. The van der Waals surface area contributed by atoms with Gasteiger partial charge in [0.2, 0.25) is 0 Å². The van der Waals surface area contributed by atoms with Crippen LogP contribution in [0, 0.1) is 0 Å². The molecular formula is C12H20F3N3O. The molecule has 0 saturated carbocycles. The van der Waals surface area contributed by atoms with Gasteiger partial charge in [-0.3, -0.25) is 4.68 Å². The normalized spacial score (nSPS) is 12.1. The van der Waals surface area contributed by atoms with Gasteiger partial charge in [-0.25, -0.2) is 0 Å². The highest BCUT2D eigenvalue weighted by Gasteiger charge is 2.27. The molecule has 1 rings (SSSR count). The van der Waals surface area contributed by atoms with E-state index in [1.54, 1.807) is 4.68 Å².